The van der Waals surface area contributed by atoms with Crippen LogP contribution in [-0.2, 0) is 16.6 Å². The number of carbonyl (C=O) groups excluding carboxylic acids is 1. The molecule has 1 amide bonds. The quantitative estimate of drug-likeness (QED) is 0.639. The number of aryl methyl sites for hydroxylation is 1. The number of benzene rings is 2. The van der Waals surface area contributed by atoms with E-state index in [0.29, 0.717) is 22.2 Å². The molecule has 9 heteroatoms. The van der Waals surface area contributed by atoms with E-state index in [0.717, 1.165) is 11.8 Å². The summed E-state index contributed by atoms with van der Waals surface area (Å²) < 4.78 is 24.7. The second-order valence-electron chi connectivity index (χ2n) is 6.17. The van der Waals surface area contributed by atoms with Crippen LogP contribution in [0.3, 0.4) is 0 Å². The number of amides is 1. The number of thiazole rings is 1. The number of phenolic OH excluding ortho intramolecular Hbond substituents is 1. The Labute approximate surface area is 167 Å². The lowest BCUT2D eigenvalue weighted by Gasteiger charge is -2.23. The Morgan fingerprint density at radius 2 is 1.79 bits per heavy atom. The van der Waals surface area contributed by atoms with Crippen LogP contribution >= 0.6 is 11.3 Å². The highest BCUT2D eigenvalue weighted by molar-refractivity contribution is 7.89. The van der Waals surface area contributed by atoms with Crippen molar-refractivity contribution >= 4 is 38.1 Å². The van der Waals surface area contributed by atoms with Gasteiger partial charge in [0.25, 0.3) is 5.91 Å². The van der Waals surface area contributed by atoms with Gasteiger partial charge in [-0.05, 0) is 24.6 Å². The van der Waals surface area contributed by atoms with E-state index in [1.165, 1.54) is 11.3 Å². The lowest BCUT2D eigenvalue weighted by Crippen LogP contribution is -2.30. The number of sulfonamides is 1. The van der Waals surface area contributed by atoms with E-state index in [1.54, 1.807) is 36.1 Å². The first-order valence-electron chi connectivity index (χ1n) is 8.33. The van der Waals surface area contributed by atoms with E-state index in [2.05, 4.69) is 4.98 Å². The van der Waals surface area contributed by atoms with Crippen molar-refractivity contribution < 1.29 is 18.3 Å². The van der Waals surface area contributed by atoms with Crippen molar-refractivity contribution in [2.75, 3.05) is 11.2 Å². The lowest BCUT2D eigenvalue weighted by atomic mass is 10.2. The first-order valence-corrected chi connectivity index (χ1v) is 11.0. The van der Waals surface area contributed by atoms with Gasteiger partial charge in [0.15, 0.2) is 5.13 Å². The highest BCUT2D eigenvalue weighted by Gasteiger charge is 2.23. The Balaban J connectivity index is 2.03. The molecule has 3 aromatic rings. The Hall–Kier alpha value is -2.91. The zero-order chi connectivity index (χ0) is 20.3. The number of phenols is 1. The molecule has 0 unspecified atom stereocenters. The lowest BCUT2D eigenvalue weighted by molar-refractivity contribution is 0.0977. The number of aromatic hydroxyl groups is 1. The molecule has 0 fully saturated rings. The van der Waals surface area contributed by atoms with Gasteiger partial charge in [0.2, 0.25) is 10.0 Å². The largest absolute Gasteiger partial charge is 0.506 e. The predicted molar refractivity (Wildman–Crippen MR) is 110 cm³/mol. The molecule has 1 heterocycles. The maximum absolute atomic E-state index is 12.3. The van der Waals surface area contributed by atoms with Crippen LogP contribution < -0.4 is 9.62 Å². The van der Waals surface area contributed by atoms with Gasteiger partial charge in [0.05, 0.1) is 18.5 Å². The summed E-state index contributed by atoms with van der Waals surface area (Å²) in [5, 5.41) is 10.8. The minimum atomic E-state index is -3.70. The molecule has 2 aromatic carbocycles. The molecule has 0 radical (unpaired) electrons. The number of carbonyl (C=O) groups is 1. The van der Waals surface area contributed by atoms with E-state index >= 15 is 0 Å². The Kier molecular flexibility index (Phi) is 5.66. The second kappa shape index (κ2) is 7.99. The smallest absolute Gasteiger partial charge is 0.284 e. The van der Waals surface area contributed by atoms with E-state index in [1.807, 2.05) is 35.1 Å². The monoisotopic (exact) mass is 417 g/mol. The van der Waals surface area contributed by atoms with Gasteiger partial charge in [-0.1, -0.05) is 42.5 Å². The van der Waals surface area contributed by atoms with Gasteiger partial charge in [0, 0.05) is 4.88 Å². The highest BCUT2D eigenvalue weighted by Crippen LogP contribution is 2.37. The highest BCUT2D eigenvalue weighted by atomic mass is 32.2. The molecule has 0 saturated carbocycles. The maximum atomic E-state index is 12.3. The number of para-hydroxylation sites is 2. The number of nitrogens with zero attached hydrogens (tertiary/aromatic N) is 2. The molecule has 0 spiro atoms. The minimum absolute atomic E-state index is 0.0407. The van der Waals surface area contributed by atoms with Crippen LogP contribution in [0.5, 0.6) is 5.75 Å². The summed E-state index contributed by atoms with van der Waals surface area (Å²) in [5.41, 5.74) is 1.56. The summed E-state index contributed by atoms with van der Waals surface area (Å²) >= 11 is 1.25. The molecule has 0 aliphatic carbocycles. The van der Waals surface area contributed by atoms with Crippen molar-refractivity contribution in [1.29, 1.82) is 0 Å². The van der Waals surface area contributed by atoms with Crippen molar-refractivity contribution in [2.24, 2.45) is 0 Å². The third kappa shape index (κ3) is 4.68. The van der Waals surface area contributed by atoms with Crippen LogP contribution in [-0.4, -0.2) is 30.7 Å². The van der Waals surface area contributed by atoms with Crippen LogP contribution in [0.1, 0.15) is 20.9 Å². The van der Waals surface area contributed by atoms with Crippen LogP contribution in [0.2, 0.25) is 0 Å². The molecule has 0 saturated heterocycles. The molecule has 0 atom stereocenters. The van der Waals surface area contributed by atoms with Crippen LogP contribution in [0.15, 0.2) is 54.6 Å². The van der Waals surface area contributed by atoms with Crippen molar-refractivity contribution in [3.05, 3.63) is 70.7 Å². The fourth-order valence-electron chi connectivity index (χ4n) is 2.64. The zero-order valence-electron chi connectivity index (χ0n) is 15.3. The number of hydrogen-bond acceptors (Lipinski definition) is 7. The predicted octanol–water partition coefficient (Wildman–Crippen LogP) is 3.18. The Morgan fingerprint density at radius 3 is 2.43 bits per heavy atom. The number of aromatic nitrogens is 1. The minimum Gasteiger partial charge on any atom is -0.506 e. The molecule has 2 N–H and O–H groups in total. The number of rotatable bonds is 6. The van der Waals surface area contributed by atoms with E-state index in [4.69, 9.17) is 0 Å². The van der Waals surface area contributed by atoms with E-state index < -0.39 is 15.9 Å². The van der Waals surface area contributed by atoms with Gasteiger partial charge in [-0.25, -0.2) is 18.1 Å². The van der Waals surface area contributed by atoms with Crippen molar-refractivity contribution in [3.63, 3.8) is 0 Å². The third-order valence-electron chi connectivity index (χ3n) is 3.87. The number of anilines is 2. The summed E-state index contributed by atoms with van der Waals surface area (Å²) in [6.07, 6.45) is 0.914. The van der Waals surface area contributed by atoms with Gasteiger partial charge in [-0.2, -0.15) is 0 Å². The molecule has 7 nitrogen and oxygen atoms in total. The molecule has 1 aromatic heterocycles. The molecule has 0 bridgehead atoms. The van der Waals surface area contributed by atoms with Crippen molar-refractivity contribution in [2.45, 2.75) is 13.5 Å². The number of nitrogens with one attached hydrogen (secondary N) is 1. The molecule has 0 aliphatic rings. The second-order valence-corrected chi connectivity index (χ2v) is 9.10. The van der Waals surface area contributed by atoms with E-state index in [9.17, 15) is 18.3 Å². The standard InChI is InChI=1S/C19H19N3O4S2/c1-13-17(18(24)21-28(2,25)26)20-19(27-13)22(12-14-8-4-3-5-9-14)15-10-6-7-11-16(15)23/h3-11,23H,12H2,1-2H3,(H,21,24). The SMILES string of the molecule is Cc1sc(N(Cc2ccccc2)c2ccccc2O)nc1C(=O)NS(C)(=O)=O. The zero-order valence-corrected chi connectivity index (χ0v) is 16.9. The van der Waals surface area contributed by atoms with Gasteiger partial charge < -0.3 is 10.0 Å². The fraction of sp³-hybridized carbons (Fsp3) is 0.158. The van der Waals surface area contributed by atoms with Crippen LogP contribution in [0.4, 0.5) is 10.8 Å². The first-order chi connectivity index (χ1) is 13.2. The average Bonchev–Trinajstić information content (AvgIpc) is 3.02. The molecule has 3 rings (SSSR count). The summed E-state index contributed by atoms with van der Waals surface area (Å²) in [7, 11) is -3.70. The van der Waals surface area contributed by atoms with Crippen molar-refractivity contribution in [3.8, 4) is 5.75 Å². The summed E-state index contributed by atoms with van der Waals surface area (Å²) in [5.74, 6) is -0.701. The first kappa shape index (κ1) is 19.8. The Morgan fingerprint density at radius 1 is 1.14 bits per heavy atom. The summed E-state index contributed by atoms with van der Waals surface area (Å²) in [4.78, 5) is 19.0. The van der Waals surface area contributed by atoms with Crippen LogP contribution in [0.25, 0.3) is 0 Å². The molecule has 28 heavy (non-hydrogen) atoms. The summed E-state index contributed by atoms with van der Waals surface area (Å²) in [6, 6.07) is 16.5. The maximum Gasteiger partial charge on any atom is 0.284 e. The Bertz CT molecular complexity index is 1100. The molecule has 0 aliphatic heterocycles. The van der Waals surface area contributed by atoms with Crippen LogP contribution in [0, 0.1) is 6.92 Å². The van der Waals surface area contributed by atoms with Gasteiger partial charge >= 0.3 is 0 Å². The third-order valence-corrected chi connectivity index (χ3v) is 5.42. The van der Waals surface area contributed by atoms with E-state index in [-0.39, 0.29) is 11.4 Å². The summed E-state index contributed by atoms with van der Waals surface area (Å²) in [6.45, 7) is 2.11. The van der Waals surface area contributed by atoms with Gasteiger partial charge in [-0.3, -0.25) is 4.79 Å². The molecular weight excluding hydrogens is 398 g/mol. The molecule has 146 valence electrons. The normalized spacial score (nSPS) is 11.2. The van der Waals surface area contributed by atoms with Gasteiger partial charge in [0.1, 0.15) is 11.4 Å². The number of hydrogen-bond donors (Lipinski definition) is 2. The fourth-order valence-corrected chi connectivity index (χ4v) is 3.99. The molecular formula is C19H19N3O4S2. The van der Waals surface area contributed by atoms with Crippen molar-refractivity contribution in [1.82, 2.24) is 9.71 Å². The topological polar surface area (TPSA) is 99.6 Å². The average molecular weight is 418 g/mol. The van der Waals surface area contributed by atoms with Gasteiger partial charge in [-0.15, -0.1) is 11.3 Å².